The van der Waals surface area contributed by atoms with Crippen LogP contribution in [-0.2, 0) is 0 Å². The molecule has 27 heavy (non-hydrogen) atoms. The summed E-state index contributed by atoms with van der Waals surface area (Å²) in [5.74, 6) is 2.35. The number of para-hydroxylation sites is 1. The van der Waals surface area contributed by atoms with Crippen LogP contribution in [0.15, 0.2) is 60.8 Å². The Labute approximate surface area is 160 Å². The Morgan fingerprint density at radius 2 is 1.67 bits per heavy atom. The third-order valence-corrected chi connectivity index (χ3v) is 4.20. The van der Waals surface area contributed by atoms with E-state index in [1.165, 1.54) is 0 Å². The van der Waals surface area contributed by atoms with Crippen molar-refractivity contribution in [2.45, 2.75) is 19.8 Å². The van der Waals surface area contributed by atoms with Gasteiger partial charge in [0.2, 0.25) is 0 Å². The summed E-state index contributed by atoms with van der Waals surface area (Å²) in [7, 11) is 1.66. The molecule has 0 fully saturated rings. The molecule has 0 saturated carbocycles. The zero-order valence-corrected chi connectivity index (χ0v) is 15.9. The maximum atomic E-state index is 5.91. The van der Waals surface area contributed by atoms with Crippen molar-refractivity contribution in [3.05, 3.63) is 66.4 Å². The minimum atomic E-state index is 0.621. The number of unbranched alkanes of at least 4 members (excludes halogenated alkanes) is 1. The van der Waals surface area contributed by atoms with Crippen molar-refractivity contribution < 1.29 is 14.2 Å². The third kappa shape index (κ3) is 5.00. The van der Waals surface area contributed by atoms with Gasteiger partial charge in [-0.1, -0.05) is 36.4 Å². The lowest BCUT2D eigenvalue weighted by Gasteiger charge is -2.12. The minimum Gasteiger partial charge on any atom is -0.493 e. The minimum absolute atomic E-state index is 0.621. The summed E-state index contributed by atoms with van der Waals surface area (Å²) in [4.78, 5) is 4.41. The van der Waals surface area contributed by atoms with Gasteiger partial charge in [-0.3, -0.25) is 4.98 Å². The van der Waals surface area contributed by atoms with Crippen LogP contribution in [0.3, 0.4) is 0 Å². The first-order valence-corrected chi connectivity index (χ1v) is 9.22. The predicted molar refractivity (Wildman–Crippen MR) is 110 cm³/mol. The van der Waals surface area contributed by atoms with E-state index in [9.17, 15) is 0 Å². The van der Waals surface area contributed by atoms with E-state index in [2.05, 4.69) is 4.98 Å². The molecular weight excluding hydrogens is 338 g/mol. The number of allylic oxidation sites excluding steroid dienone is 1. The zero-order chi connectivity index (χ0) is 18.9. The Hall–Kier alpha value is -3.01. The van der Waals surface area contributed by atoms with Crippen LogP contribution in [0.4, 0.5) is 0 Å². The summed E-state index contributed by atoms with van der Waals surface area (Å²) in [5, 5.41) is 1.09. The number of hydrogen-bond acceptors (Lipinski definition) is 4. The summed E-state index contributed by atoms with van der Waals surface area (Å²) in [6.45, 7) is 3.25. The Balaban J connectivity index is 1.46. The number of benzene rings is 2. The second-order valence-electron chi connectivity index (χ2n) is 6.15. The molecule has 0 N–H and O–H groups in total. The van der Waals surface area contributed by atoms with Gasteiger partial charge >= 0.3 is 0 Å². The normalized spacial score (nSPS) is 11.0. The van der Waals surface area contributed by atoms with Crippen molar-refractivity contribution in [2.24, 2.45) is 0 Å². The lowest BCUT2D eigenvalue weighted by molar-refractivity contribution is 0.259. The van der Waals surface area contributed by atoms with E-state index in [0.29, 0.717) is 13.2 Å². The van der Waals surface area contributed by atoms with Crippen LogP contribution in [0.25, 0.3) is 17.0 Å². The molecule has 0 aliphatic rings. The van der Waals surface area contributed by atoms with Gasteiger partial charge in [0.1, 0.15) is 11.3 Å². The molecule has 0 aliphatic heterocycles. The smallest absolute Gasteiger partial charge is 0.161 e. The number of pyridine rings is 1. The molecule has 3 aromatic rings. The van der Waals surface area contributed by atoms with Gasteiger partial charge in [-0.2, -0.15) is 0 Å². The van der Waals surface area contributed by atoms with Gasteiger partial charge in [-0.05, 0) is 49.6 Å². The number of rotatable bonds is 9. The molecule has 2 aromatic carbocycles. The van der Waals surface area contributed by atoms with Gasteiger partial charge in [0.15, 0.2) is 11.5 Å². The first-order valence-electron chi connectivity index (χ1n) is 9.22. The quantitative estimate of drug-likeness (QED) is 0.470. The largest absolute Gasteiger partial charge is 0.493 e. The van der Waals surface area contributed by atoms with Crippen LogP contribution >= 0.6 is 0 Å². The van der Waals surface area contributed by atoms with Gasteiger partial charge in [0.05, 0.1) is 20.3 Å². The average Bonchev–Trinajstić information content (AvgIpc) is 2.71. The van der Waals surface area contributed by atoms with E-state index in [1.54, 1.807) is 13.3 Å². The standard InChI is InChI=1S/C23H25NO3/c1-3-8-18-12-13-20(22(17-18)25-2)26-15-4-5-16-27-21-11-6-9-19-10-7-14-24-23(19)21/h3,6-14,17H,4-5,15-16H2,1-2H3/b8-3+. The first kappa shape index (κ1) is 18.8. The van der Waals surface area contributed by atoms with Gasteiger partial charge < -0.3 is 14.2 Å². The van der Waals surface area contributed by atoms with Crippen molar-refractivity contribution in [1.29, 1.82) is 0 Å². The van der Waals surface area contributed by atoms with Crippen LogP contribution in [0, 0.1) is 0 Å². The molecule has 0 radical (unpaired) electrons. The predicted octanol–water partition coefficient (Wildman–Crippen LogP) is 5.51. The highest BCUT2D eigenvalue weighted by Crippen LogP contribution is 2.29. The van der Waals surface area contributed by atoms with Crippen molar-refractivity contribution in [3.8, 4) is 17.2 Å². The molecular formula is C23H25NO3. The third-order valence-electron chi connectivity index (χ3n) is 4.20. The second-order valence-corrected chi connectivity index (χ2v) is 6.15. The molecule has 0 amide bonds. The van der Waals surface area contributed by atoms with Gasteiger partial charge in [0.25, 0.3) is 0 Å². The number of fused-ring (bicyclic) bond motifs is 1. The number of methoxy groups -OCH3 is 1. The number of hydrogen-bond donors (Lipinski definition) is 0. The molecule has 4 nitrogen and oxygen atoms in total. The zero-order valence-electron chi connectivity index (χ0n) is 15.9. The van der Waals surface area contributed by atoms with Crippen molar-refractivity contribution in [3.63, 3.8) is 0 Å². The fourth-order valence-corrected chi connectivity index (χ4v) is 2.86. The fraction of sp³-hybridized carbons (Fsp3) is 0.261. The van der Waals surface area contributed by atoms with Gasteiger partial charge in [-0.15, -0.1) is 0 Å². The van der Waals surface area contributed by atoms with Gasteiger partial charge in [-0.25, -0.2) is 0 Å². The number of nitrogens with zero attached hydrogens (tertiary/aromatic N) is 1. The highest BCUT2D eigenvalue weighted by Gasteiger charge is 2.05. The molecule has 0 atom stereocenters. The molecule has 0 spiro atoms. The lowest BCUT2D eigenvalue weighted by atomic mass is 10.2. The molecule has 0 saturated heterocycles. The first-order chi connectivity index (χ1) is 13.3. The van der Waals surface area contributed by atoms with Crippen LogP contribution < -0.4 is 14.2 Å². The summed E-state index contributed by atoms with van der Waals surface area (Å²) in [5.41, 5.74) is 2.00. The molecule has 0 aliphatic carbocycles. The molecule has 3 rings (SSSR count). The number of ether oxygens (including phenoxy) is 3. The highest BCUT2D eigenvalue weighted by molar-refractivity contribution is 5.84. The van der Waals surface area contributed by atoms with E-state index < -0.39 is 0 Å². The van der Waals surface area contributed by atoms with Crippen LogP contribution in [0.5, 0.6) is 17.2 Å². The van der Waals surface area contributed by atoms with Crippen molar-refractivity contribution in [2.75, 3.05) is 20.3 Å². The van der Waals surface area contributed by atoms with E-state index in [4.69, 9.17) is 14.2 Å². The highest BCUT2D eigenvalue weighted by atomic mass is 16.5. The van der Waals surface area contributed by atoms with E-state index >= 15 is 0 Å². The van der Waals surface area contributed by atoms with Crippen molar-refractivity contribution in [1.82, 2.24) is 4.98 Å². The monoisotopic (exact) mass is 363 g/mol. The maximum Gasteiger partial charge on any atom is 0.161 e. The molecule has 1 heterocycles. The molecule has 4 heteroatoms. The van der Waals surface area contributed by atoms with E-state index in [1.807, 2.05) is 67.6 Å². The molecule has 0 bridgehead atoms. The van der Waals surface area contributed by atoms with E-state index in [-0.39, 0.29) is 0 Å². The topological polar surface area (TPSA) is 40.6 Å². The van der Waals surface area contributed by atoms with Crippen LogP contribution in [0.2, 0.25) is 0 Å². The summed E-state index contributed by atoms with van der Waals surface area (Å²) in [6.07, 6.45) is 7.63. The number of aromatic nitrogens is 1. The summed E-state index contributed by atoms with van der Waals surface area (Å²) >= 11 is 0. The molecule has 0 unspecified atom stereocenters. The fourth-order valence-electron chi connectivity index (χ4n) is 2.86. The van der Waals surface area contributed by atoms with Gasteiger partial charge in [0, 0.05) is 11.6 Å². The average molecular weight is 363 g/mol. The molecule has 1 aromatic heterocycles. The van der Waals surface area contributed by atoms with Crippen LogP contribution in [0.1, 0.15) is 25.3 Å². The Bertz CT molecular complexity index is 900. The van der Waals surface area contributed by atoms with E-state index in [0.717, 1.165) is 46.6 Å². The summed E-state index contributed by atoms with van der Waals surface area (Å²) < 4.78 is 17.2. The SMILES string of the molecule is C/C=C/c1ccc(OCCCCOc2cccc3cccnc23)c(OC)c1. The Kier molecular flexibility index (Phi) is 6.69. The molecule has 140 valence electrons. The van der Waals surface area contributed by atoms with Crippen LogP contribution in [-0.4, -0.2) is 25.3 Å². The van der Waals surface area contributed by atoms with Crippen molar-refractivity contribution >= 4 is 17.0 Å². The maximum absolute atomic E-state index is 5.91. The summed E-state index contributed by atoms with van der Waals surface area (Å²) in [6, 6.07) is 15.9. The Morgan fingerprint density at radius 1 is 0.889 bits per heavy atom. The lowest BCUT2D eigenvalue weighted by Crippen LogP contribution is -2.04. The Morgan fingerprint density at radius 3 is 2.44 bits per heavy atom. The second kappa shape index (κ2) is 9.62.